The van der Waals surface area contributed by atoms with E-state index in [2.05, 4.69) is 0 Å². The molecule has 0 N–H and O–H groups in total. The lowest BCUT2D eigenvalue weighted by atomic mass is 9.93. The Bertz CT molecular complexity index is 5060. The fourth-order valence-corrected chi connectivity index (χ4v) is 17.0. The Morgan fingerprint density at radius 1 is 0.258 bits per heavy atom. The van der Waals surface area contributed by atoms with Crippen molar-refractivity contribution in [2.45, 2.75) is 159 Å². The molecule has 8 heterocycles. The van der Waals surface area contributed by atoms with Crippen LogP contribution in [-0.4, -0.2) is 178 Å². The van der Waals surface area contributed by atoms with Crippen LogP contribution in [0.25, 0.3) is 0 Å². The van der Waals surface area contributed by atoms with E-state index in [0.29, 0.717) is 22.3 Å². The first-order chi connectivity index (χ1) is 58.9. The minimum Gasteiger partial charge on any atom is -0.452 e. The first-order valence-corrected chi connectivity index (χ1v) is 40.7. The van der Waals surface area contributed by atoms with E-state index in [1.807, 2.05) is 153 Å². The number of thioether (sulfide) groups is 1. The van der Waals surface area contributed by atoms with Crippen molar-refractivity contribution in [2.24, 2.45) is 0 Å². The van der Waals surface area contributed by atoms with Crippen molar-refractivity contribution in [3.05, 3.63) is 353 Å². The van der Waals surface area contributed by atoms with Crippen LogP contribution in [0, 0.1) is 6.92 Å². The van der Waals surface area contributed by atoms with Gasteiger partial charge in [0.15, 0.2) is 74.6 Å². The van der Waals surface area contributed by atoms with Crippen LogP contribution in [0.1, 0.15) is 105 Å². The molecule has 0 spiro atoms. The molecule has 8 saturated heterocycles. The van der Waals surface area contributed by atoms with Gasteiger partial charge in [0.1, 0.15) is 72.6 Å². The lowest BCUT2D eigenvalue weighted by Crippen LogP contribution is -2.71. The molecule has 8 fully saturated rings. The highest BCUT2D eigenvalue weighted by Crippen LogP contribution is 2.48. The van der Waals surface area contributed by atoms with E-state index in [1.165, 1.54) is 11.8 Å². The molecular formula is C94H84O25S. The zero-order valence-corrected chi connectivity index (χ0v) is 65.4. The number of carbonyl (C=O) groups excluding carboxylic acids is 5. The van der Waals surface area contributed by atoms with Crippen molar-refractivity contribution in [3.8, 4) is 0 Å². The quantitative estimate of drug-likeness (QED) is 0.0450. The maximum atomic E-state index is 15.6. The molecule has 616 valence electrons. The second kappa shape index (κ2) is 37.1. The van der Waals surface area contributed by atoms with Crippen LogP contribution in [0.15, 0.2) is 302 Å². The van der Waals surface area contributed by atoms with Gasteiger partial charge in [0.25, 0.3) is 0 Å². The number of fused-ring (bicyclic) bond motifs is 4. The van der Waals surface area contributed by atoms with E-state index in [1.54, 1.807) is 152 Å². The molecule has 0 aromatic heterocycles. The molecule has 0 bridgehead atoms. The molecule has 18 rings (SSSR count). The first kappa shape index (κ1) is 80.4. The SMILES string of the molecule is Cc1ccc(S[C@@H]2O[C@@H]3COC(c4ccccc4)O[C@H]3[C@H](O[C@@H]3O[C@@H]4COC(c5ccccc5)O[C@H]4[C@H](O[C@@H]4O[C@@H]5COC(c6ccccc6)O[C@H]5[C@H](O[C@@H]5O[C@@H]6COC(c7ccccc7)O[C@H]6[C@H](OC(=O)c6ccccc6)[C@H]5OC(=O)c5ccccc5)[C@H]4OC(=O)c4ccccc4)[C@H]3OC(=O)c3ccccc3)[C@H]2OC(=O)c2ccccc2)cc1. The van der Waals surface area contributed by atoms with Crippen LogP contribution in [0.4, 0.5) is 0 Å². The maximum absolute atomic E-state index is 15.6. The smallest absolute Gasteiger partial charge is 0.338 e. The number of benzene rings is 10. The van der Waals surface area contributed by atoms with Crippen molar-refractivity contribution < 1.29 is 119 Å². The van der Waals surface area contributed by atoms with Gasteiger partial charge >= 0.3 is 29.8 Å². The van der Waals surface area contributed by atoms with Gasteiger partial charge in [-0.3, -0.25) is 0 Å². The molecule has 24 atom stereocenters. The van der Waals surface area contributed by atoms with Crippen LogP contribution in [0.3, 0.4) is 0 Å². The number of carbonyl (C=O) groups is 5. The number of hydrogen-bond acceptors (Lipinski definition) is 26. The summed E-state index contributed by atoms with van der Waals surface area (Å²) in [5.41, 5.74) is 3.02. The normalized spacial score (nSPS) is 31.3. The first-order valence-electron chi connectivity index (χ1n) is 39.8. The fourth-order valence-electron chi connectivity index (χ4n) is 15.9. The maximum Gasteiger partial charge on any atom is 0.338 e. The Hall–Kier alpha value is -10.7. The van der Waals surface area contributed by atoms with E-state index in [4.69, 9.17) is 94.7 Å². The monoisotopic (exact) mass is 1640 g/mol. The molecule has 0 saturated carbocycles. The predicted molar refractivity (Wildman–Crippen MR) is 425 cm³/mol. The summed E-state index contributed by atoms with van der Waals surface area (Å²) >= 11 is 1.28. The van der Waals surface area contributed by atoms with Gasteiger partial charge in [0, 0.05) is 27.1 Å². The summed E-state index contributed by atoms with van der Waals surface area (Å²) in [7, 11) is 0. The van der Waals surface area contributed by atoms with Crippen LogP contribution in [0.2, 0.25) is 0 Å². The van der Waals surface area contributed by atoms with Crippen LogP contribution in [-0.2, 0) is 94.7 Å². The Labute approximate surface area is 695 Å². The Balaban J connectivity index is 0.786. The highest BCUT2D eigenvalue weighted by molar-refractivity contribution is 7.99. The van der Waals surface area contributed by atoms with E-state index < -0.39 is 177 Å². The molecule has 8 aliphatic heterocycles. The molecular weight excluding hydrogens is 1560 g/mol. The Kier molecular flexibility index (Phi) is 24.9. The van der Waals surface area contributed by atoms with Gasteiger partial charge in [-0.25, -0.2) is 24.0 Å². The standard InChI is InChI=1S/C94H84O25S/c1-55-47-49-65(50-48-55)120-94-81(112-86(99)60-37-19-6-20-38-60)77(73-69(107-94)54-103-90(116-73)64-45-27-10-28-46-64)119-93-80(111-85(98)59-35-17-5-18-36-59)76(72-68(106-93)53-102-89(115-72)63-43-25-9-26-44-63)118-92-79(110-84(97)58-33-15-4-16-34-58)75(71-67(105-92)52-101-88(114-71)62-41-23-8-24-42-62)117-91-78(109-83(96)57-31-13-3-14-32-57)74(108-82(95)56-29-11-2-12-30-56)70-66(104-91)51-100-87(113-70)61-39-21-7-22-40-61/h2-50,66-81,87-94H,51-54H2,1H3/t66-,67-,68-,69-,70-,71-,72-,73-,74+,75+,76+,77+,78-,79-,80-,81-,87?,88?,89?,90?,91+,92+,93+,94+/m1/s1. The highest BCUT2D eigenvalue weighted by atomic mass is 32.2. The third-order valence-electron chi connectivity index (χ3n) is 21.8. The van der Waals surface area contributed by atoms with E-state index in [0.717, 1.165) is 10.5 Å². The molecule has 25 nitrogen and oxygen atoms in total. The summed E-state index contributed by atoms with van der Waals surface area (Å²) in [6.07, 6.45) is -32.6. The van der Waals surface area contributed by atoms with Crippen molar-refractivity contribution >= 4 is 41.6 Å². The number of rotatable bonds is 22. The minimum atomic E-state index is -1.90. The molecule has 0 amide bonds. The second-order valence-corrected chi connectivity index (χ2v) is 31.0. The summed E-state index contributed by atoms with van der Waals surface area (Å²) < 4.78 is 140. The predicted octanol–water partition coefficient (Wildman–Crippen LogP) is 13.7. The van der Waals surface area contributed by atoms with Crippen LogP contribution in [0.5, 0.6) is 0 Å². The highest BCUT2D eigenvalue weighted by Gasteiger charge is 2.64. The molecule has 10 aromatic rings. The van der Waals surface area contributed by atoms with Gasteiger partial charge in [-0.2, -0.15) is 0 Å². The van der Waals surface area contributed by atoms with Gasteiger partial charge < -0.3 is 94.7 Å². The lowest BCUT2D eigenvalue weighted by Gasteiger charge is -2.54. The molecule has 0 radical (unpaired) electrons. The molecule has 10 aromatic carbocycles. The van der Waals surface area contributed by atoms with Gasteiger partial charge in [-0.1, -0.05) is 242 Å². The third-order valence-corrected chi connectivity index (χ3v) is 23.0. The van der Waals surface area contributed by atoms with E-state index in [-0.39, 0.29) is 54.2 Å². The van der Waals surface area contributed by atoms with Gasteiger partial charge in [0.2, 0.25) is 0 Å². The fraction of sp³-hybridized carbons (Fsp3) is 0.309. The van der Waals surface area contributed by atoms with Crippen molar-refractivity contribution in [1.82, 2.24) is 0 Å². The van der Waals surface area contributed by atoms with Gasteiger partial charge in [-0.15, -0.1) is 0 Å². The molecule has 4 unspecified atom stereocenters. The number of esters is 5. The van der Waals surface area contributed by atoms with E-state index in [9.17, 15) is 4.79 Å². The number of aryl methyl sites for hydroxylation is 1. The summed E-state index contributed by atoms with van der Waals surface area (Å²) in [6.45, 7) is 1.25. The lowest BCUT2D eigenvalue weighted by molar-refractivity contribution is -0.424. The van der Waals surface area contributed by atoms with Crippen molar-refractivity contribution in [1.29, 1.82) is 0 Å². The third kappa shape index (κ3) is 18.0. The topological polar surface area (TPSA) is 270 Å². The van der Waals surface area contributed by atoms with Crippen molar-refractivity contribution in [2.75, 3.05) is 26.4 Å². The molecule has 26 heteroatoms. The average molecular weight is 1650 g/mol. The summed E-state index contributed by atoms with van der Waals surface area (Å²) in [5, 5.41) is 0. The van der Waals surface area contributed by atoms with Crippen LogP contribution >= 0.6 is 11.8 Å². The Morgan fingerprint density at radius 3 is 0.783 bits per heavy atom. The zero-order valence-electron chi connectivity index (χ0n) is 64.6. The number of hydrogen-bond donors (Lipinski definition) is 0. The second-order valence-electron chi connectivity index (χ2n) is 29.8. The molecule has 8 aliphatic rings. The minimum absolute atomic E-state index is 0.0442. The molecule has 120 heavy (non-hydrogen) atoms. The number of ether oxygens (including phenoxy) is 20. The zero-order chi connectivity index (χ0) is 81.4. The van der Waals surface area contributed by atoms with Crippen LogP contribution < -0.4 is 0 Å². The molecule has 0 aliphatic carbocycles. The van der Waals surface area contributed by atoms with E-state index >= 15 is 19.2 Å². The Morgan fingerprint density at radius 2 is 0.492 bits per heavy atom. The summed E-state index contributed by atoms with van der Waals surface area (Å²) in [4.78, 5) is 77.0. The summed E-state index contributed by atoms with van der Waals surface area (Å²) in [5.74, 6) is -4.23. The largest absolute Gasteiger partial charge is 0.452 e. The average Bonchev–Trinajstić information content (AvgIpc) is 0.790. The summed E-state index contributed by atoms with van der Waals surface area (Å²) in [6, 6.07) is 85.7. The van der Waals surface area contributed by atoms with Gasteiger partial charge in [0.05, 0.1) is 54.2 Å². The van der Waals surface area contributed by atoms with Gasteiger partial charge in [-0.05, 0) is 79.7 Å². The van der Waals surface area contributed by atoms with Crippen molar-refractivity contribution in [3.63, 3.8) is 0 Å².